The summed E-state index contributed by atoms with van der Waals surface area (Å²) in [6.45, 7) is 1.13. The van der Waals surface area contributed by atoms with Gasteiger partial charge in [0.25, 0.3) is 0 Å². The minimum atomic E-state index is 0.817. The molecule has 2 heteroatoms. The number of hydrogen-bond donors (Lipinski definition) is 1. The lowest BCUT2D eigenvalue weighted by Crippen LogP contribution is -2.05. The molecule has 0 atom stereocenters. The van der Waals surface area contributed by atoms with Gasteiger partial charge in [-0.25, -0.2) is 0 Å². The van der Waals surface area contributed by atoms with E-state index in [1.165, 1.54) is 40.4 Å². The fourth-order valence-corrected chi connectivity index (χ4v) is 3.15. The molecule has 2 heterocycles. The quantitative estimate of drug-likeness (QED) is 0.652. The van der Waals surface area contributed by atoms with E-state index in [9.17, 15) is 0 Å². The Morgan fingerprint density at radius 2 is 1.84 bits per heavy atom. The first-order valence-electron chi connectivity index (χ1n) is 6.79. The molecule has 4 rings (SSSR count). The third-order valence-electron chi connectivity index (χ3n) is 4.05. The van der Waals surface area contributed by atoms with Crippen molar-refractivity contribution in [2.45, 2.75) is 19.4 Å². The highest BCUT2D eigenvalue weighted by atomic mass is 15.0. The number of nitrogens with two attached hydrogens (primary N) is 1. The third-order valence-corrected chi connectivity index (χ3v) is 4.05. The van der Waals surface area contributed by atoms with Crippen LogP contribution in [0, 0.1) is 0 Å². The molecule has 0 fully saturated rings. The van der Waals surface area contributed by atoms with E-state index < -0.39 is 0 Å². The van der Waals surface area contributed by atoms with Gasteiger partial charge in [-0.05, 0) is 36.1 Å². The number of benzene rings is 2. The summed E-state index contributed by atoms with van der Waals surface area (Å²) in [7, 11) is 0. The van der Waals surface area contributed by atoms with Crippen LogP contribution >= 0.6 is 0 Å². The molecule has 2 N–H and O–H groups in total. The van der Waals surface area contributed by atoms with Gasteiger partial charge in [-0.1, -0.05) is 30.3 Å². The van der Waals surface area contributed by atoms with Crippen LogP contribution in [0.5, 0.6) is 0 Å². The molecule has 94 valence electrons. The molecule has 0 spiro atoms. The fraction of sp³-hybridized carbons (Fsp3) is 0.176. The molecule has 2 aromatic carbocycles. The van der Waals surface area contributed by atoms with Crippen molar-refractivity contribution in [1.82, 2.24) is 4.57 Å². The lowest BCUT2D eigenvalue weighted by atomic mass is 10.00. The maximum absolute atomic E-state index is 5.78. The van der Waals surface area contributed by atoms with Crippen LogP contribution in [-0.4, -0.2) is 4.57 Å². The summed E-state index contributed by atoms with van der Waals surface area (Å²) in [5.41, 5.74) is 12.1. The van der Waals surface area contributed by atoms with Gasteiger partial charge in [0, 0.05) is 29.4 Å². The molecule has 1 aromatic heterocycles. The number of nitrogens with zero attached hydrogens (tertiary/aromatic N) is 1. The average Bonchev–Trinajstić information content (AvgIpc) is 2.82. The first-order valence-corrected chi connectivity index (χ1v) is 6.79. The molecule has 19 heavy (non-hydrogen) atoms. The molecule has 3 aromatic rings. The summed E-state index contributed by atoms with van der Waals surface area (Å²) < 4.78 is 2.40. The number of nitrogen functional groups attached to an aromatic ring is 1. The summed E-state index contributed by atoms with van der Waals surface area (Å²) >= 11 is 0. The second kappa shape index (κ2) is 3.89. The zero-order chi connectivity index (χ0) is 12.8. The molecule has 1 aliphatic rings. The van der Waals surface area contributed by atoms with E-state index in [4.69, 9.17) is 5.73 Å². The highest BCUT2D eigenvalue weighted by Crippen LogP contribution is 2.35. The Morgan fingerprint density at radius 1 is 1.00 bits per heavy atom. The number of aryl methyl sites for hydroxylation is 2. The van der Waals surface area contributed by atoms with Crippen LogP contribution in [0.15, 0.2) is 48.7 Å². The van der Waals surface area contributed by atoms with E-state index in [0.29, 0.717) is 0 Å². The van der Waals surface area contributed by atoms with Gasteiger partial charge >= 0.3 is 0 Å². The predicted octanol–water partition coefficient (Wildman–Crippen LogP) is 3.84. The largest absolute Gasteiger partial charge is 0.399 e. The van der Waals surface area contributed by atoms with Crippen molar-refractivity contribution in [3.8, 4) is 11.1 Å². The van der Waals surface area contributed by atoms with Gasteiger partial charge < -0.3 is 10.3 Å². The molecule has 0 unspecified atom stereocenters. The van der Waals surface area contributed by atoms with Crippen molar-refractivity contribution in [2.75, 3.05) is 5.73 Å². The first-order chi connectivity index (χ1) is 9.33. The van der Waals surface area contributed by atoms with E-state index in [-0.39, 0.29) is 0 Å². The molecule has 0 radical (unpaired) electrons. The minimum Gasteiger partial charge on any atom is -0.399 e. The van der Waals surface area contributed by atoms with Crippen LogP contribution in [0.4, 0.5) is 5.69 Å². The Labute approximate surface area is 112 Å². The highest BCUT2D eigenvalue weighted by molar-refractivity contribution is 5.98. The van der Waals surface area contributed by atoms with Crippen molar-refractivity contribution < 1.29 is 0 Å². The number of aromatic nitrogens is 1. The van der Waals surface area contributed by atoms with E-state index >= 15 is 0 Å². The molecule has 0 aliphatic carbocycles. The van der Waals surface area contributed by atoms with Gasteiger partial charge in [-0.15, -0.1) is 0 Å². The van der Waals surface area contributed by atoms with Crippen molar-refractivity contribution in [1.29, 1.82) is 0 Å². The maximum Gasteiger partial charge on any atom is 0.0519 e. The topological polar surface area (TPSA) is 30.9 Å². The summed E-state index contributed by atoms with van der Waals surface area (Å²) in [4.78, 5) is 0. The van der Waals surface area contributed by atoms with Gasteiger partial charge in [0.05, 0.1) is 5.52 Å². The van der Waals surface area contributed by atoms with Crippen LogP contribution in [-0.2, 0) is 13.0 Å². The Bertz CT molecular complexity index is 751. The van der Waals surface area contributed by atoms with E-state index in [1.807, 2.05) is 12.1 Å². The van der Waals surface area contributed by atoms with Crippen LogP contribution in [0.25, 0.3) is 22.0 Å². The van der Waals surface area contributed by atoms with Gasteiger partial charge in [0.1, 0.15) is 0 Å². The maximum atomic E-state index is 5.78. The zero-order valence-corrected chi connectivity index (χ0v) is 10.8. The summed E-state index contributed by atoms with van der Waals surface area (Å²) in [5.74, 6) is 0. The lowest BCUT2D eigenvalue weighted by Gasteiger charge is -2.14. The van der Waals surface area contributed by atoms with Gasteiger partial charge in [-0.2, -0.15) is 0 Å². The second-order valence-electron chi connectivity index (χ2n) is 5.28. The molecule has 0 amide bonds. The van der Waals surface area contributed by atoms with Crippen molar-refractivity contribution in [2.24, 2.45) is 0 Å². The predicted molar refractivity (Wildman–Crippen MR) is 80.1 cm³/mol. The Kier molecular flexibility index (Phi) is 2.18. The Hall–Kier alpha value is -2.22. The number of para-hydroxylation sites is 1. The summed E-state index contributed by atoms with van der Waals surface area (Å²) in [5, 5.41) is 1.36. The van der Waals surface area contributed by atoms with Crippen molar-refractivity contribution in [3.63, 3.8) is 0 Å². The van der Waals surface area contributed by atoms with E-state index in [2.05, 4.69) is 41.1 Å². The lowest BCUT2D eigenvalue weighted by molar-refractivity contribution is 0.636. The van der Waals surface area contributed by atoms with Gasteiger partial charge in [0.15, 0.2) is 0 Å². The van der Waals surface area contributed by atoms with Gasteiger partial charge in [0.2, 0.25) is 0 Å². The normalized spacial score (nSPS) is 13.9. The van der Waals surface area contributed by atoms with Crippen LogP contribution < -0.4 is 5.73 Å². The monoisotopic (exact) mass is 248 g/mol. The second-order valence-corrected chi connectivity index (χ2v) is 5.28. The summed E-state index contributed by atoms with van der Waals surface area (Å²) in [6.07, 6.45) is 4.73. The summed E-state index contributed by atoms with van der Waals surface area (Å²) in [6, 6.07) is 14.8. The number of anilines is 1. The van der Waals surface area contributed by atoms with Crippen LogP contribution in [0.1, 0.15) is 12.0 Å². The fourth-order valence-electron chi connectivity index (χ4n) is 3.15. The van der Waals surface area contributed by atoms with Gasteiger partial charge in [-0.3, -0.25) is 0 Å². The Balaban J connectivity index is 2.01. The zero-order valence-electron chi connectivity index (χ0n) is 10.8. The highest BCUT2D eigenvalue weighted by Gasteiger charge is 2.16. The molecule has 0 saturated carbocycles. The van der Waals surface area contributed by atoms with Crippen molar-refractivity contribution >= 4 is 16.6 Å². The third kappa shape index (κ3) is 1.56. The SMILES string of the molecule is Nc1ccc(-c2cn3c4c(cccc24)CCC3)cc1. The molecule has 1 aliphatic heterocycles. The van der Waals surface area contributed by atoms with E-state index in [0.717, 1.165) is 12.2 Å². The van der Waals surface area contributed by atoms with Crippen LogP contribution in [0.3, 0.4) is 0 Å². The molecule has 0 bridgehead atoms. The molecular formula is C17H16N2. The minimum absolute atomic E-state index is 0.817. The first kappa shape index (κ1) is 10.7. The average molecular weight is 248 g/mol. The molecule has 0 saturated heterocycles. The molecule has 2 nitrogen and oxygen atoms in total. The Morgan fingerprint density at radius 3 is 2.68 bits per heavy atom. The standard InChI is InChI=1S/C17H16N2/c18-14-8-6-12(7-9-14)16-11-19-10-2-4-13-3-1-5-15(16)17(13)19/h1,3,5-9,11H,2,4,10,18H2. The molecular weight excluding hydrogens is 232 g/mol. The van der Waals surface area contributed by atoms with E-state index in [1.54, 1.807) is 0 Å². The smallest absolute Gasteiger partial charge is 0.0519 e. The van der Waals surface area contributed by atoms with Crippen molar-refractivity contribution in [3.05, 3.63) is 54.2 Å². The number of hydrogen-bond acceptors (Lipinski definition) is 1. The number of rotatable bonds is 1. The van der Waals surface area contributed by atoms with Crippen LogP contribution in [0.2, 0.25) is 0 Å².